The Kier molecular flexibility index (Phi) is 6.59. The molecule has 3 aromatic carbocycles. The molecule has 186 valence electrons. The number of benzene rings is 3. The van der Waals surface area contributed by atoms with Crippen LogP contribution in [-0.4, -0.2) is 36.7 Å². The first-order chi connectivity index (χ1) is 17.4. The van der Waals surface area contributed by atoms with E-state index in [1.54, 1.807) is 41.5 Å². The van der Waals surface area contributed by atoms with Crippen molar-refractivity contribution < 1.29 is 29.0 Å². The summed E-state index contributed by atoms with van der Waals surface area (Å²) in [5.41, 5.74) is 1.81. The summed E-state index contributed by atoms with van der Waals surface area (Å²) in [6, 6.07) is 18.9. The summed E-state index contributed by atoms with van der Waals surface area (Å²) < 4.78 is 11.4. The molecule has 5 rings (SSSR count). The maximum absolute atomic E-state index is 13.8. The fourth-order valence-electron chi connectivity index (χ4n) is 4.64. The molecular weight excluding hydrogens is 528 g/mol. The number of phenolic OH excluding ortho intramolecular Hbond substituents is 1. The van der Waals surface area contributed by atoms with Crippen molar-refractivity contribution in [2.24, 2.45) is 5.92 Å². The van der Waals surface area contributed by atoms with Gasteiger partial charge in [0.15, 0.2) is 17.6 Å². The summed E-state index contributed by atoms with van der Waals surface area (Å²) in [6.07, 6.45) is -0.125. The molecule has 3 aromatic rings. The van der Waals surface area contributed by atoms with Crippen molar-refractivity contribution in [1.29, 1.82) is 0 Å². The minimum atomic E-state index is -1.00. The van der Waals surface area contributed by atoms with Gasteiger partial charge in [-0.3, -0.25) is 14.4 Å². The van der Waals surface area contributed by atoms with Crippen LogP contribution < -0.4 is 19.4 Å². The molecule has 36 heavy (non-hydrogen) atoms. The third-order valence-electron chi connectivity index (χ3n) is 6.31. The van der Waals surface area contributed by atoms with Crippen LogP contribution >= 0.6 is 15.9 Å². The molecule has 1 N–H and O–H groups in total. The Bertz CT molecular complexity index is 1280. The van der Waals surface area contributed by atoms with Gasteiger partial charge in [0.05, 0.1) is 35.6 Å². The lowest BCUT2D eigenvalue weighted by Gasteiger charge is -2.29. The largest absolute Gasteiger partial charge is 0.503 e. The zero-order chi connectivity index (χ0) is 25.4. The van der Waals surface area contributed by atoms with Gasteiger partial charge in [0.1, 0.15) is 11.7 Å². The first-order valence-corrected chi connectivity index (χ1v) is 12.4. The number of methoxy groups -OCH3 is 1. The quantitative estimate of drug-likeness (QED) is 0.412. The van der Waals surface area contributed by atoms with Gasteiger partial charge in [-0.1, -0.05) is 25.1 Å². The minimum Gasteiger partial charge on any atom is -0.503 e. The smallest absolute Gasteiger partial charge is 0.266 e. The van der Waals surface area contributed by atoms with E-state index in [0.717, 1.165) is 6.42 Å². The third kappa shape index (κ3) is 4.08. The number of rotatable bonds is 7. The van der Waals surface area contributed by atoms with E-state index in [1.807, 2.05) is 37.3 Å². The highest BCUT2D eigenvalue weighted by Gasteiger charge is 2.60. The Hall–Kier alpha value is -3.56. The Morgan fingerprint density at radius 3 is 2.39 bits per heavy atom. The standard InChI is InChI=1S/C27H25BrN2O6/c1-3-13-35-19-11-9-17(10-12-19)29-26(32)22-23(16-14-20(28)24(31)21(15-16)34-2)30(36-25(22)27(29)33)18-7-5-4-6-8-18/h4-12,14-15,22-23,25,31H,3,13H2,1-2H3/t22-,23+,25-/m0/s1. The second-order valence-electron chi connectivity index (χ2n) is 8.57. The molecule has 3 atom stereocenters. The van der Waals surface area contributed by atoms with Crippen molar-refractivity contribution in [3.63, 3.8) is 0 Å². The molecule has 9 heteroatoms. The second-order valence-corrected chi connectivity index (χ2v) is 9.42. The number of amides is 2. The number of fused-ring (bicyclic) bond motifs is 1. The van der Waals surface area contributed by atoms with Gasteiger partial charge in [0, 0.05) is 0 Å². The van der Waals surface area contributed by atoms with Crippen molar-refractivity contribution >= 4 is 39.1 Å². The number of hydrogen-bond acceptors (Lipinski definition) is 7. The minimum absolute atomic E-state index is 0.0520. The summed E-state index contributed by atoms with van der Waals surface area (Å²) in [4.78, 5) is 34.7. The van der Waals surface area contributed by atoms with Crippen molar-refractivity contribution in [2.75, 3.05) is 23.7 Å². The van der Waals surface area contributed by atoms with Crippen LogP contribution in [0.4, 0.5) is 11.4 Å². The lowest BCUT2D eigenvalue weighted by atomic mass is 9.90. The predicted molar refractivity (Wildman–Crippen MR) is 137 cm³/mol. The molecule has 0 unspecified atom stereocenters. The van der Waals surface area contributed by atoms with Crippen molar-refractivity contribution in [1.82, 2.24) is 0 Å². The van der Waals surface area contributed by atoms with Gasteiger partial charge in [-0.25, -0.2) is 9.96 Å². The number of imide groups is 1. The van der Waals surface area contributed by atoms with Gasteiger partial charge in [0.25, 0.3) is 5.91 Å². The maximum Gasteiger partial charge on any atom is 0.266 e. The van der Waals surface area contributed by atoms with E-state index in [-0.39, 0.29) is 17.4 Å². The fourth-order valence-corrected chi connectivity index (χ4v) is 5.10. The van der Waals surface area contributed by atoms with E-state index in [9.17, 15) is 14.7 Å². The van der Waals surface area contributed by atoms with Crippen LogP contribution in [0.5, 0.6) is 17.2 Å². The third-order valence-corrected chi connectivity index (χ3v) is 6.91. The second kappa shape index (κ2) is 9.83. The highest BCUT2D eigenvalue weighted by Crippen LogP contribution is 2.49. The molecule has 0 saturated carbocycles. The van der Waals surface area contributed by atoms with Gasteiger partial charge in [0.2, 0.25) is 5.91 Å². The monoisotopic (exact) mass is 552 g/mol. The number of phenols is 1. The number of aromatic hydroxyl groups is 1. The van der Waals surface area contributed by atoms with Crippen molar-refractivity contribution in [3.05, 3.63) is 76.8 Å². The Morgan fingerprint density at radius 2 is 1.72 bits per heavy atom. The molecule has 2 aliphatic rings. The molecule has 2 fully saturated rings. The van der Waals surface area contributed by atoms with E-state index in [2.05, 4.69) is 15.9 Å². The predicted octanol–water partition coefficient (Wildman–Crippen LogP) is 5.00. The molecule has 0 spiro atoms. The van der Waals surface area contributed by atoms with E-state index in [4.69, 9.17) is 14.3 Å². The van der Waals surface area contributed by atoms with Crippen LogP contribution in [0.25, 0.3) is 0 Å². The summed E-state index contributed by atoms with van der Waals surface area (Å²) in [6.45, 7) is 2.60. The highest BCUT2D eigenvalue weighted by atomic mass is 79.9. The average Bonchev–Trinajstić information content (AvgIpc) is 3.41. The number of anilines is 2. The molecular formula is C27H25BrN2O6. The summed E-state index contributed by atoms with van der Waals surface area (Å²) >= 11 is 3.37. The number of ether oxygens (including phenoxy) is 2. The number of hydroxylamine groups is 1. The number of carbonyl (C=O) groups is 2. The number of para-hydroxylation sites is 1. The summed E-state index contributed by atoms with van der Waals surface area (Å²) in [7, 11) is 1.45. The van der Waals surface area contributed by atoms with Crippen molar-refractivity contribution in [3.8, 4) is 17.2 Å². The van der Waals surface area contributed by atoms with Crippen LogP contribution in [0.15, 0.2) is 71.2 Å². The molecule has 0 bridgehead atoms. The van der Waals surface area contributed by atoms with Gasteiger partial charge >= 0.3 is 0 Å². The van der Waals surface area contributed by atoms with Crippen LogP contribution in [-0.2, 0) is 14.4 Å². The Labute approximate surface area is 217 Å². The zero-order valence-electron chi connectivity index (χ0n) is 19.8. The Balaban J connectivity index is 1.54. The fraction of sp³-hybridized carbons (Fsp3) is 0.259. The molecule has 0 aliphatic carbocycles. The van der Waals surface area contributed by atoms with Crippen LogP contribution in [0.3, 0.4) is 0 Å². The molecule has 8 nitrogen and oxygen atoms in total. The van der Waals surface area contributed by atoms with Crippen LogP contribution in [0.2, 0.25) is 0 Å². The molecule has 2 heterocycles. The topological polar surface area (TPSA) is 88.5 Å². The summed E-state index contributed by atoms with van der Waals surface area (Å²) in [5, 5.41) is 11.9. The van der Waals surface area contributed by atoms with E-state index < -0.39 is 24.0 Å². The molecule has 2 amide bonds. The first-order valence-electron chi connectivity index (χ1n) is 11.6. The number of nitrogens with zero attached hydrogens (tertiary/aromatic N) is 2. The molecule has 0 aromatic heterocycles. The first kappa shape index (κ1) is 24.1. The number of carbonyl (C=O) groups excluding carboxylic acids is 2. The van der Waals surface area contributed by atoms with Crippen LogP contribution in [0, 0.1) is 5.92 Å². The number of halogens is 1. The number of hydrogen-bond donors (Lipinski definition) is 1. The highest BCUT2D eigenvalue weighted by molar-refractivity contribution is 9.10. The maximum atomic E-state index is 13.8. The van der Waals surface area contributed by atoms with Crippen molar-refractivity contribution in [2.45, 2.75) is 25.5 Å². The normalized spacial score (nSPS) is 21.1. The lowest BCUT2D eigenvalue weighted by molar-refractivity contribution is -0.126. The molecule has 2 saturated heterocycles. The SMILES string of the molecule is CCCOc1ccc(N2C(=O)[C@@H]3[C@H](ON(c4ccccc4)[C@@H]3c3cc(Br)c(O)c(OC)c3)C2=O)cc1. The van der Waals surface area contributed by atoms with Gasteiger partial charge < -0.3 is 14.6 Å². The summed E-state index contributed by atoms with van der Waals surface area (Å²) in [5.74, 6) is -0.740. The lowest BCUT2D eigenvalue weighted by Crippen LogP contribution is -2.37. The van der Waals surface area contributed by atoms with E-state index in [1.165, 1.54) is 12.0 Å². The molecule has 2 aliphatic heterocycles. The van der Waals surface area contributed by atoms with Gasteiger partial charge in [-0.15, -0.1) is 0 Å². The molecule has 0 radical (unpaired) electrons. The van der Waals surface area contributed by atoms with Gasteiger partial charge in [-0.2, -0.15) is 0 Å². The van der Waals surface area contributed by atoms with E-state index in [0.29, 0.717) is 33.8 Å². The Morgan fingerprint density at radius 1 is 1.00 bits per heavy atom. The zero-order valence-corrected chi connectivity index (χ0v) is 21.3. The van der Waals surface area contributed by atoms with E-state index >= 15 is 0 Å². The van der Waals surface area contributed by atoms with Gasteiger partial charge in [-0.05, 0) is 76.4 Å². The van der Waals surface area contributed by atoms with Crippen LogP contribution in [0.1, 0.15) is 24.9 Å². The average molecular weight is 553 g/mol.